The molecular weight excluding hydrogens is 384 g/mol. The van der Waals surface area contributed by atoms with E-state index in [9.17, 15) is 19.2 Å². The highest BCUT2D eigenvalue weighted by atomic mass is 32.2. The molecule has 10 heteroatoms. The van der Waals surface area contributed by atoms with Crippen LogP contribution in [0.2, 0.25) is 0 Å². The van der Waals surface area contributed by atoms with Gasteiger partial charge >= 0.3 is 6.09 Å². The Balaban J connectivity index is 4.83. The van der Waals surface area contributed by atoms with Gasteiger partial charge in [-0.2, -0.15) is 11.8 Å². The average molecular weight is 419 g/mol. The average Bonchev–Trinajstić information content (AvgIpc) is 2.53. The summed E-state index contributed by atoms with van der Waals surface area (Å²) in [6.07, 6.45) is 1.95. The number of hydrogen-bond donors (Lipinski definition) is 4. The fourth-order valence-electron chi connectivity index (χ4n) is 2.21. The lowest BCUT2D eigenvalue weighted by Gasteiger charge is -2.23. The van der Waals surface area contributed by atoms with Crippen molar-refractivity contribution in [3.8, 4) is 0 Å². The third-order valence-corrected chi connectivity index (χ3v) is 4.07. The lowest BCUT2D eigenvalue weighted by Crippen LogP contribution is -2.54. The molecule has 2 atom stereocenters. The molecule has 0 aromatic heterocycles. The normalized spacial score (nSPS) is 13.4. The van der Waals surface area contributed by atoms with E-state index in [-0.39, 0.29) is 12.5 Å². The molecule has 9 nitrogen and oxygen atoms in total. The third kappa shape index (κ3) is 12.4. The number of alkyl carbamates (subject to hydrolysis) is 1. The number of nitrogens with one attached hydrogen (secondary N) is 3. The minimum absolute atomic E-state index is 0.119. The number of thioether (sulfide) groups is 1. The van der Waals surface area contributed by atoms with Crippen LogP contribution in [0.4, 0.5) is 4.79 Å². The quantitative estimate of drug-likeness (QED) is 0.391. The lowest BCUT2D eigenvalue weighted by atomic mass is 10.0. The SMILES string of the molecule is CSCC[C@H](NC(=O)[C@@H](CC(C)C)NC(=O)CNC(=O)OC(C)(C)C)C(N)=O. The Kier molecular flexibility index (Phi) is 11.6. The standard InChI is InChI=1S/C18H34N4O5S/c1-11(2)9-13(16(25)22-12(15(19)24)7-8-28-6)21-14(23)10-20-17(26)27-18(3,4)5/h11-13H,7-10H2,1-6H3,(H2,19,24)(H,20,26)(H,21,23)(H,22,25)/t12-,13+/m0/s1. The Morgan fingerprint density at radius 1 is 1.07 bits per heavy atom. The molecular formula is C18H34N4O5S. The molecule has 28 heavy (non-hydrogen) atoms. The molecule has 5 N–H and O–H groups in total. The molecule has 0 aliphatic carbocycles. The topological polar surface area (TPSA) is 140 Å². The van der Waals surface area contributed by atoms with Gasteiger partial charge in [-0.25, -0.2) is 4.79 Å². The predicted octanol–water partition coefficient (Wildman–Crippen LogP) is 0.765. The first-order valence-corrected chi connectivity index (χ1v) is 10.6. The van der Waals surface area contributed by atoms with Crippen molar-refractivity contribution < 1.29 is 23.9 Å². The second-order valence-corrected chi connectivity index (χ2v) is 8.84. The number of amides is 4. The molecule has 0 aliphatic rings. The van der Waals surface area contributed by atoms with Gasteiger partial charge in [0.1, 0.15) is 24.2 Å². The van der Waals surface area contributed by atoms with E-state index >= 15 is 0 Å². The zero-order valence-electron chi connectivity index (χ0n) is 17.6. The van der Waals surface area contributed by atoms with Gasteiger partial charge in [0.05, 0.1) is 0 Å². The van der Waals surface area contributed by atoms with E-state index in [1.165, 1.54) is 11.8 Å². The van der Waals surface area contributed by atoms with Crippen molar-refractivity contribution in [1.82, 2.24) is 16.0 Å². The highest BCUT2D eigenvalue weighted by molar-refractivity contribution is 7.98. The van der Waals surface area contributed by atoms with Gasteiger partial charge in [-0.1, -0.05) is 13.8 Å². The minimum Gasteiger partial charge on any atom is -0.444 e. The Morgan fingerprint density at radius 2 is 1.68 bits per heavy atom. The van der Waals surface area contributed by atoms with Crippen molar-refractivity contribution in [2.24, 2.45) is 11.7 Å². The molecule has 0 saturated heterocycles. The first kappa shape index (κ1) is 26.0. The van der Waals surface area contributed by atoms with E-state index in [0.29, 0.717) is 18.6 Å². The molecule has 0 aromatic rings. The van der Waals surface area contributed by atoms with Gasteiger partial charge in [-0.15, -0.1) is 0 Å². The number of ether oxygens (including phenoxy) is 1. The van der Waals surface area contributed by atoms with Crippen molar-refractivity contribution in [1.29, 1.82) is 0 Å². The largest absolute Gasteiger partial charge is 0.444 e. The third-order valence-electron chi connectivity index (χ3n) is 3.42. The van der Waals surface area contributed by atoms with Crippen LogP contribution in [0.1, 0.15) is 47.5 Å². The van der Waals surface area contributed by atoms with Gasteiger partial charge in [-0.05, 0) is 51.5 Å². The molecule has 162 valence electrons. The maximum atomic E-state index is 12.6. The molecule has 0 radical (unpaired) electrons. The Bertz CT molecular complexity index is 549. The number of carbonyl (C=O) groups is 4. The van der Waals surface area contributed by atoms with Crippen molar-refractivity contribution in [3.63, 3.8) is 0 Å². The van der Waals surface area contributed by atoms with Crippen molar-refractivity contribution in [3.05, 3.63) is 0 Å². The van der Waals surface area contributed by atoms with Crippen LogP contribution >= 0.6 is 11.8 Å². The van der Waals surface area contributed by atoms with Gasteiger partial charge in [0, 0.05) is 0 Å². The van der Waals surface area contributed by atoms with Crippen molar-refractivity contribution in [2.75, 3.05) is 18.6 Å². The molecule has 0 saturated carbocycles. The summed E-state index contributed by atoms with van der Waals surface area (Å²) in [7, 11) is 0. The lowest BCUT2D eigenvalue weighted by molar-refractivity contribution is -0.131. The van der Waals surface area contributed by atoms with Crippen molar-refractivity contribution >= 4 is 35.6 Å². The van der Waals surface area contributed by atoms with Crippen LogP contribution in [0, 0.1) is 5.92 Å². The fraction of sp³-hybridized carbons (Fsp3) is 0.778. The monoisotopic (exact) mass is 418 g/mol. The van der Waals surface area contributed by atoms with E-state index in [2.05, 4.69) is 16.0 Å². The molecule has 0 aliphatic heterocycles. The number of rotatable bonds is 11. The molecule has 4 amide bonds. The second kappa shape index (κ2) is 12.5. The van der Waals surface area contributed by atoms with Gasteiger partial charge < -0.3 is 26.4 Å². The summed E-state index contributed by atoms with van der Waals surface area (Å²) in [6, 6.07) is -1.64. The number of nitrogens with two attached hydrogens (primary N) is 1. The van der Waals surface area contributed by atoms with Crippen LogP contribution in [0.15, 0.2) is 0 Å². The van der Waals surface area contributed by atoms with Crippen LogP contribution in [0.25, 0.3) is 0 Å². The summed E-state index contributed by atoms with van der Waals surface area (Å²) in [4.78, 5) is 47.9. The maximum absolute atomic E-state index is 12.6. The molecule has 0 rings (SSSR count). The van der Waals surface area contributed by atoms with E-state index < -0.39 is 41.5 Å². The summed E-state index contributed by atoms with van der Waals surface area (Å²) < 4.78 is 5.06. The maximum Gasteiger partial charge on any atom is 0.408 e. The molecule has 0 spiro atoms. The Hall–Kier alpha value is -1.97. The van der Waals surface area contributed by atoms with E-state index in [0.717, 1.165) is 0 Å². The molecule has 0 unspecified atom stereocenters. The van der Waals surface area contributed by atoms with Crippen LogP contribution in [-0.4, -0.2) is 60.1 Å². The van der Waals surface area contributed by atoms with Crippen LogP contribution in [0.5, 0.6) is 0 Å². The van der Waals surface area contributed by atoms with Gasteiger partial charge in [0.2, 0.25) is 17.7 Å². The minimum atomic E-state index is -0.843. The summed E-state index contributed by atoms with van der Waals surface area (Å²) in [5.74, 6) is -0.859. The summed E-state index contributed by atoms with van der Waals surface area (Å²) in [5.41, 5.74) is 4.67. The number of primary amides is 1. The van der Waals surface area contributed by atoms with E-state index in [4.69, 9.17) is 10.5 Å². The molecule has 0 heterocycles. The summed E-state index contributed by atoms with van der Waals surface area (Å²) >= 11 is 1.54. The summed E-state index contributed by atoms with van der Waals surface area (Å²) in [6.45, 7) is 8.61. The van der Waals surface area contributed by atoms with Crippen LogP contribution in [0.3, 0.4) is 0 Å². The highest BCUT2D eigenvalue weighted by Crippen LogP contribution is 2.08. The molecule has 0 aromatic carbocycles. The Morgan fingerprint density at radius 3 is 2.14 bits per heavy atom. The van der Waals surface area contributed by atoms with Crippen molar-refractivity contribution in [2.45, 2.75) is 65.1 Å². The second-order valence-electron chi connectivity index (χ2n) is 7.85. The fourth-order valence-corrected chi connectivity index (χ4v) is 2.68. The Labute approximate surface area is 171 Å². The highest BCUT2D eigenvalue weighted by Gasteiger charge is 2.26. The van der Waals surface area contributed by atoms with Crippen LogP contribution in [-0.2, 0) is 19.1 Å². The van der Waals surface area contributed by atoms with Gasteiger partial charge in [0.25, 0.3) is 0 Å². The molecule has 0 fully saturated rings. The molecule has 0 bridgehead atoms. The summed E-state index contributed by atoms with van der Waals surface area (Å²) in [5, 5.41) is 7.53. The zero-order valence-corrected chi connectivity index (χ0v) is 18.4. The first-order chi connectivity index (χ1) is 12.9. The zero-order chi connectivity index (χ0) is 21.9. The van der Waals surface area contributed by atoms with Crippen LogP contribution < -0.4 is 21.7 Å². The van der Waals surface area contributed by atoms with Gasteiger partial charge in [0.15, 0.2) is 0 Å². The smallest absolute Gasteiger partial charge is 0.408 e. The predicted molar refractivity (Wildman–Crippen MR) is 110 cm³/mol. The van der Waals surface area contributed by atoms with Gasteiger partial charge in [-0.3, -0.25) is 14.4 Å². The number of carbonyl (C=O) groups excluding carboxylic acids is 4. The van der Waals surface area contributed by atoms with E-state index in [1.54, 1.807) is 20.8 Å². The number of hydrogen-bond acceptors (Lipinski definition) is 6. The van der Waals surface area contributed by atoms with E-state index in [1.807, 2.05) is 20.1 Å². The first-order valence-electron chi connectivity index (χ1n) is 9.20.